The molecule has 0 saturated heterocycles. The van der Waals surface area contributed by atoms with Gasteiger partial charge < -0.3 is 5.32 Å². The van der Waals surface area contributed by atoms with E-state index in [2.05, 4.69) is 20.4 Å². The molecule has 1 aliphatic carbocycles. The molecule has 1 amide bonds. The topological polar surface area (TPSA) is 127 Å². The van der Waals surface area contributed by atoms with Gasteiger partial charge in [0.05, 0.1) is 22.0 Å². The number of H-pyrrole nitrogens is 1. The van der Waals surface area contributed by atoms with Crippen molar-refractivity contribution in [2.75, 3.05) is 11.1 Å². The fraction of sp³-hybridized carbons (Fsp3) is 0.417. The van der Waals surface area contributed by atoms with Crippen LogP contribution in [-0.4, -0.2) is 39.8 Å². The average molecular weight is 484 g/mol. The third-order valence-electron chi connectivity index (χ3n) is 5.83. The number of hydrogen-bond donors (Lipinski definition) is 2. The summed E-state index contributed by atoms with van der Waals surface area (Å²) in [6.45, 7) is 5.96. The van der Waals surface area contributed by atoms with E-state index in [0.717, 1.165) is 25.0 Å². The highest BCUT2D eigenvalue weighted by Crippen LogP contribution is 2.26. The van der Waals surface area contributed by atoms with Crippen LogP contribution in [0.1, 0.15) is 57.0 Å². The molecule has 9 nitrogen and oxygen atoms in total. The number of aromatic amines is 1. The van der Waals surface area contributed by atoms with Crippen molar-refractivity contribution >= 4 is 21.6 Å². The molecule has 2 heterocycles. The maximum Gasteiger partial charge on any atom is 0.255 e. The zero-order chi connectivity index (χ0) is 24.5. The number of carbonyl (C=O) groups excluding carboxylic acids is 1. The molecule has 0 atom stereocenters. The summed E-state index contributed by atoms with van der Waals surface area (Å²) in [5, 5.41) is 7.36. The van der Waals surface area contributed by atoms with Gasteiger partial charge in [-0.2, -0.15) is 9.78 Å². The van der Waals surface area contributed by atoms with Gasteiger partial charge in [-0.15, -0.1) is 0 Å². The highest BCUT2D eigenvalue weighted by Gasteiger charge is 2.24. The Morgan fingerprint density at radius 3 is 2.56 bits per heavy atom. The highest BCUT2D eigenvalue weighted by molar-refractivity contribution is 7.91. The number of aryl methyl sites for hydroxylation is 1. The Balaban J connectivity index is 1.61. The van der Waals surface area contributed by atoms with Gasteiger partial charge in [-0.05, 0) is 37.8 Å². The standard InChI is InChI=1S/C24H29N5O4S/c1-24(2,3)19-15-20(26-21(30)13-14-34(32,33)16-9-5-4-6-10-16)29(28-19)23-25-18-12-8-7-11-17(18)22(31)27-23/h4-6,9-10,15H,7-8,11-14H2,1-3H3,(H,26,30)(H,25,27,31). The second kappa shape index (κ2) is 9.17. The Labute approximate surface area is 198 Å². The van der Waals surface area contributed by atoms with Crippen molar-refractivity contribution in [1.29, 1.82) is 0 Å². The van der Waals surface area contributed by atoms with Crippen molar-refractivity contribution in [3.8, 4) is 5.95 Å². The first-order chi connectivity index (χ1) is 16.0. The van der Waals surface area contributed by atoms with Crippen LogP contribution in [0.2, 0.25) is 0 Å². The molecule has 0 saturated carbocycles. The molecule has 3 aromatic rings. The van der Waals surface area contributed by atoms with Crippen LogP contribution >= 0.6 is 0 Å². The Hall–Kier alpha value is -3.27. The first-order valence-corrected chi connectivity index (χ1v) is 13.0. The number of nitrogens with one attached hydrogen (secondary N) is 2. The van der Waals surface area contributed by atoms with Crippen LogP contribution in [0.3, 0.4) is 0 Å². The Kier molecular flexibility index (Phi) is 6.44. The third kappa shape index (κ3) is 5.11. The minimum Gasteiger partial charge on any atom is -0.310 e. The summed E-state index contributed by atoms with van der Waals surface area (Å²) in [7, 11) is -3.59. The molecule has 10 heteroatoms. The lowest BCUT2D eigenvalue weighted by molar-refractivity contribution is -0.115. The van der Waals surface area contributed by atoms with Gasteiger partial charge in [0.25, 0.3) is 5.56 Å². The lowest BCUT2D eigenvalue weighted by atomic mass is 9.92. The summed E-state index contributed by atoms with van der Waals surface area (Å²) >= 11 is 0. The van der Waals surface area contributed by atoms with Crippen molar-refractivity contribution in [2.24, 2.45) is 0 Å². The fourth-order valence-electron chi connectivity index (χ4n) is 3.87. The van der Waals surface area contributed by atoms with E-state index in [4.69, 9.17) is 0 Å². The van der Waals surface area contributed by atoms with Crippen molar-refractivity contribution in [1.82, 2.24) is 19.7 Å². The van der Waals surface area contributed by atoms with Crippen molar-refractivity contribution in [2.45, 2.75) is 63.2 Å². The van der Waals surface area contributed by atoms with Crippen molar-refractivity contribution in [3.05, 3.63) is 63.7 Å². The van der Waals surface area contributed by atoms with Gasteiger partial charge in [-0.25, -0.2) is 13.4 Å². The second-order valence-corrected chi connectivity index (χ2v) is 11.6. The maximum atomic E-state index is 12.7. The van der Waals surface area contributed by atoms with Crippen molar-refractivity contribution in [3.63, 3.8) is 0 Å². The van der Waals surface area contributed by atoms with E-state index >= 15 is 0 Å². The van der Waals surface area contributed by atoms with Gasteiger partial charge in [-0.1, -0.05) is 39.0 Å². The molecule has 1 aliphatic rings. The first-order valence-electron chi connectivity index (χ1n) is 11.4. The molecule has 0 bridgehead atoms. The molecular weight excluding hydrogens is 454 g/mol. The number of hydrogen-bond acceptors (Lipinski definition) is 6. The van der Waals surface area contributed by atoms with E-state index in [0.29, 0.717) is 23.5 Å². The number of carbonyl (C=O) groups is 1. The van der Waals surface area contributed by atoms with Gasteiger partial charge in [0.2, 0.25) is 11.9 Å². The second-order valence-electron chi connectivity index (χ2n) is 9.53. The van der Waals surface area contributed by atoms with Crippen LogP contribution in [-0.2, 0) is 32.9 Å². The van der Waals surface area contributed by atoms with E-state index in [9.17, 15) is 18.0 Å². The number of benzene rings is 1. The zero-order valence-corrected chi connectivity index (χ0v) is 20.4. The lowest BCUT2D eigenvalue weighted by Gasteiger charge is -2.16. The summed E-state index contributed by atoms with van der Waals surface area (Å²) in [6, 6.07) is 9.77. The number of aromatic nitrogens is 4. The van der Waals surface area contributed by atoms with Gasteiger partial charge in [0, 0.05) is 23.5 Å². The number of rotatable bonds is 6. The fourth-order valence-corrected chi connectivity index (χ4v) is 5.13. The van der Waals surface area contributed by atoms with Crippen LogP contribution in [0.25, 0.3) is 5.95 Å². The number of fused-ring (bicyclic) bond motifs is 1. The maximum absolute atomic E-state index is 12.7. The molecule has 0 fully saturated rings. The molecule has 34 heavy (non-hydrogen) atoms. The molecule has 2 N–H and O–H groups in total. The minimum absolute atomic E-state index is 0.179. The molecule has 0 aliphatic heterocycles. The number of sulfone groups is 1. The monoisotopic (exact) mass is 483 g/mol. The average Bonchev–Trinajstić information content (AvgIpc) is 3.23. The van der Waals surface area contributed by atoms with E-state index in [1.54, 1.807) is 24.3 Å². The molecule has 0 spiro atoms. The van der Waals surface area contributed by atoms with Crippen molar-refractivity contribution < 1.29 is 13.2 Å². The molecule has 2 aromatic heterocycles. The highest BCUT2D eigenvalue weighted by atomic mass is 32.2. The smallest absolute Gasteiger partial charge is 0.255 e. The van der Waals surface area contributed by atoms with Gasteiger partial charge in [0.15, 0.2) is 9.84 Å². The minimum atomic E-state index is -3.59. The quantitative estimate of drug-likeness (QED) is 0.555. The van der Waals surface area contributed by atoms with E-state index < -0.39 is 15.7 Å². The Morgan fingerprint density at radius 2 is 1.85 bits per heavy atom. The van der Waals surface area contributed by atoms with Gasteiger partial charge >= 0.3 is 0 Å². The van der Waals surface area contributed by atoms with Crippen LogP contribution in [0.15, 0.2) is 46.1 Å². The largest absolute Gasteiger partial charge is 0.310 e. The summed E-state index contributed by atoms with van der Waals surface area (Å²) in [5.41, 5.74) is 1.63. The van der Waals surface area contributed by atoms with Crippen LogP contribution in [0, 0.1) is 0 Å². The molecule has 4 rings (SSSR count). The van der Waals surface area contributed by atoms with Crippen LogP contribution < -0.4 is 10.9 Å². The SMILES string of the molecule is CC(C)(C)c1cc(NC(=O)CCS(=O)(=O)c2ccccc2)n(-c2nc3c(c(=O)[nH]2)CCCC3)n1. The molecule has 180 valence electrons. The van der Waals surface area contributed by atoms with Gasteiger partial charge in [0.1, 0.15) is 5.82 Å². The Bertz CT molecular complexity index is 1370. The number of anilines is 1. The third-order valence-corrected chi connectivity index (χ3v) is 7.56. The number of nitrogens with zero attached hydrogens (tertiary/aromatic N) is 3. The Morgan fingerprint density at radius 1 is 1.15 bits per heavy atom. The summed E-state index contributed by atoms with van der Waals surface area (Å²) < 4.78 is 26.5. The summed E-state index contributed by atoms with van der Waals surface area (Å²) in [6.07, 6.45) is 3.12. The zero-order valence-electron chi connectivity index (χ0n) is 19.6. The van der Waals surface area contributed by atoms with Crippen LogP contribution in [0.5, 0.6) is 0 Å². The van der Waals surface area contributed by atoms with E-state index in [1.165, 1.54) is 16.8 Å². The molecular formula is C24H29N5O4S. The number of amides is 1. The molecule has 0 unspecified atom stereocenters. The van der Waals surface area contributed by atoms with Crippen LogP contribution in [0.4, 0.5) is 5.82 Å². The molecule has 1 aromatic carbocycles. The van der Waals surface area contributed by atoms with Gasteiger partial charge in [-0.3, -0.25) is 14.6 Å². The predicted octanol–water partition coefficient (Wildman–Crippen LogP) is 2.93. The lowest BCUT2D eigenvalue weighted by Crippen LogP contribution is -2.25. The van der Waals surface area contributed by atoms with E-state index in [1.807, 2.05) is 20.8 Å². The summed E-state index contributed by atoms with van der Waals surface area (Å²) in [4.78, 5) is 33.0. The van der Waals surface area contributed by atoms with E-state index in [-0.39, 0.29) is 34.0 Å². The molecule has 0 radical (unpaired) electrons. The summed E-state index contributed by atoms with van der Waals surface area (Å²) in [5.74, 6) is -0.238. The first kappa shape index (κ1) is 23.9. The predicted molar refractivity (Wildman–Crippen MR) is 129 cm³/mol. The normalized spacial score (nSPS) is 14.0.